The van der Waals surface area contributed by atoms with Crippen molar-refractivity contribution in [1.82, 2.24) is 4.90 Å². The molecule has 0 aromatic carbocycles. The Labute approximate surface area is 412 Å². The molecule has 1 aliphatic heterocycles. The molecule has 0 aromatic heterocycles. The molecule has 11 nitrogen and oxygen atoms in total. The molecule has 5 atom stereocenters. The average molecular weight is 956 g/mol. The standard InChI is InChI=1S/C56H109NO10/c1-5-9-13-17-21-27-37-48(38-28-22-18-14-10-6-2)65-51(59)41-31-25-33-43-57(45-35-36-46-64-56-55(63)54(62)53(61)50(47-58)67-56)44-34-26-32-42-52(60)66-49(39-29-23-19-15-11-7-3)40-30-24-20-16-12-8-4/h48-50,53-56,58,61-63H,5-47H2,1-4H3/t50-,53-,54+,55+,56+/m1/s1. The fourth-order valence-corrected chi connectivity index (χ4v) is 9.36. The summed E-state index contributed by atoms with van der Waals surface area (Å²) < 4.78 is 23.5. The maximum Gasteiger partial charge on any atom is 0.306 e. The van der Waals surface area contributed by atoms with E-state index in [0.29, 0.717) is 25.9 Å². The van der Waals surface area contributed by atoms with Gasteiger partial charge in [0.2, 0.25) is 0 Å². The monoisotopic (exact) mass is 956 g/mol. The minimum Gasteiger partial charge on any atom is -0.462 e. The lowest BCUT2D eigenvalue weighted by molar-refractivity contribution is -0.301. The van der Waals surface area contributed by atoms with Gasteiger partial charge in [-0.2, -0.15) is 0 Å². The summed E-state index contributed by atoms with van der Waals surface area (Å²) in [6.45, 7) is 11.5. The fourth-order valence-electron chi connectivity index (χ4n) is 9.36. The van der Waals surface area contributed by atoms with E-state index in [4.69, 9.17) is 18.9 Å². The van der Waals surface area contributed by atoms with Gasteiger partial charge in [-0.05, 0) is 110 Å². The van der Waals surface area contributed by atoms with Crippen molar-refractivity contribution in [2.75, 3.05) is 32.8 Å². The molecule has 1 saturated heterocycles. The van der Waals surface area contributed by atoms with Crippen molar-refractivity contribution in [3.8, 4) is 0 Å². The van der Waals surface area contributed by atoms with Crippen LogP contribution < -0.4 is 0 Å². The van der Waals surface area contributed by atoms with Crippen LogP contribution >= 0.6 is 0 Å². The third kappa shape index (κ3) is 35.4. The van der Waals surface area contributed by atoms with Crippen LogP contribution in [-0.2, 0) is 28.5 Å². The minimum absolute atomic E-state index is 0.0449. The Kier molecular flexibility index (Phi) is 43.5. The van der Waals surface area contributed by atoms with Crippen molar-refractivity contribution in [2.45, 2.75) is 315 Å². The number of carbonyl (C=O) groups is 2. The summed E-state index contributed by atoms with van der Waals surface area (Å²) in [5.74, 6) is -0.0965. The number of hydrogen-bond donors (Lipinski definition) is 4. The molecule has 4 N–H and O–H groups in total. The first-order valence-electron chi connectivity index (χ1n) is 28.7. The molecule has 1 rings (SSSR count). The summed E-state index contributed by atoms with van der Waals surface area (Å²) in [5, 5.41) is 40.1. The molecule has 11 heteroatoms. The Balaban J connectivity index is 2.65. The van der Waals surface area contributed by atoms with Crippen LogP contribution in [-0.4, -0.2) is 113 Å². The smallest absolute Gasteiger partial charge is 0.306 e. The molecule has 0 saturated carbocycles. The SMILES string of the molecule is CCCCCCCCC(CCCCCCCC)OC(=O)CCCCCN(CCCCCC(=O)OC(CCCCCCCC)CCCCCCCC)CCCCO[C@H]1O[C@H](CO)[C@@H](O)[C@H](O)[C@@H]1O. The topological polar surface area (TPSA) is 155 Å². The van der Waals surface area contributed by atoms with Crippen LogP contribution in [0.4, 0.5) is 0 Å². The van der Waals surface area contributed by atoms with Crippen LogP contribution in [0.2, 0.25) is 0 Å². The number of rotatable bonds is 49. The van der Waals surface area contributed by atoms with Crippen molar-refractivity contribution >= 4 is 11.9 Å². The van der Waals surface area contributed by atoms with Crippen LogP contribution in [0, 0.1) is 0 Å². The molecular formula is C56H109NO10. The van der Waals surface area contributed by atoms with Gasteiger partial charge in [0.15, 0.2) is 6.29 Å². The van der Waals surface area contributed by atoms with E-state index in [1.807, 2.05) is 0 Å². The summed E-state index contributed by atoms with van der Waals surface area (Å²) in [6.07, 6.45) is 35.6. The lowest BCUT2D eigenvalue weighted by Crippen LogP contribution is -2.59. The Morgan fingerprint density at radius 1 is 0.448 bits per heavy atom. The summed E-state index contributed by atoms with van der Waals surface area (Å²) in [7, 11) is 0. The van der Waals surface area contributed by atoms with Gasteiger partial charge in [-0.1, -0.05) is 169 Å². The number of carbonyl (C=O) groups excluding carboxylic acids is 2. The molecule has 398 valence electrons. The van der Waals surface area contributed by atoms with Crippen LogP contribution in [0.25, 0.3) is 0 Å². The molecule has 1 heterocycles. The predicted octanol–water partition coefficient (Wildman–Crippen LogP) is 12.8. The van der Waals surface area contributed by atoms with E-state index in [2.05, 4.69) is 32.6 Å². The Morgan fingerprint density at radius 2 is 0.791 bits per heavy atom. The van der Waals surface area contributed by atoms with Crippen molar-refractivity contribution < 1.29 is 49.0 Å². The number of ether oxygens (including phenoxy) is 4. The molecule has 0 unspecified atom stereocenters. The fraction of sp³-hybridized carbons (Fsp3) is 0.964. The highest BCUT2D eigenvalue weighted by Gasteiger charge is 2.44. The first kappa shape index (κ1) is 63.7. The van der Waals surface area contributed by atoms with Gasteiger partial charge in [0.1, 0.15) is 36.6 Å². The normalized spacial score (nSPS) is 18.7. The zero-order valence-electron chi connectivity index (χ0n) is 44.1. The van der Waals surface area contributed by atoms with E-state index in [-0.39, 0.29) is 24.1 Å². The van der Waals surface area contributed by atoms with Gasteiger partial charge in [0.25, 0.3) is 0 Å². The number of esters is 2. The third-order valence-corrected chi connectivity index (χ3v) is 13.8. The summed E-state index contributed by atoms with van der Waals surface area (Å²) in [6, 6.07) is 0. The second-order valence-electron chi connectivity index (χ2n) is 20.2. The number of aliphatic hydroxyl groups is 4. The molecule has 0 amide bonds. The van der Waals surface area contributed by atoms with Crippen molar-refractivity contribution in [3.63, 3.8) is 0 Å². The number of hydrogen-bond acceptors (Lipinski definition) is 11. The zero-order valence-corrected chi connectivity index (χ0v) is 44.1. The molecule has 0 spiro atoms. The number of nitrogens with zero attached hydrogens (tertiary/aromatic N) is 1. The van der Waals surface area contributed by atoms with Crippen LogP contribution in [0.3, 0.4) is 0 Å². The van der Waals surface area contributed by atoms with E-state index >= 15 is 0 Å². The maximum atomic E-state index is 13.1. The first-order valence-corrected chi connectivity index (χ1v) is 28.7. The first-order chi connectivity index (χ1) is 32.7. The summed E-state index contributed by atoms with van der Waals surface area (Å²) in [5.41, 5.74) is 0. The van der Waals surface area contributed by atoms with E-state index in [1.165, 1.54) is 128 Å². The van der Waals surface area contributed by atoms with Gasteiger partial charge < -0.3 is 44.3 Å². The second kappa shape index (κ2) is 45.8. The molecule has 0 aliphatic carbocycles. The lowest BCUT2D eigenvalue weighted by Gasteiger charge is -2.39. The Bertz CT molecular complexity index is 1000. The van der Waals surface area contributed by atoms with Crippen molar-refractivity contribution in [3.05, 3.63) is 0 Å². The van der Waals surface area contributed by atoms with Crippen LogP contribution in [0.15, 0.2) is 0 Å². The van der Waals surface area contributed by atoms with E-state index in [9.17, 15) is 30.0 Å². The summed E-state index contributed by atoms with van der Waals surface area (Å²) in [4.78, 5) is 28.6. The highest BCUT2D eigenvalue weighted by atomic mass is 16.7. The highest BCUT2D eigenvalue weighted by Crippen LogP contribution is 2.23. The second-order valence-corrected chi connectivity index (χ2v) is 20.2. The highest BCUT2D eigenvalue weighted by molar-refractivity contribution is 5.69. The van der Waals surface area contributed by atoms with E-state index < -0.39 is 37.3 Å². The summed E-state index contributed by atoms with van der Waals surface area (Å²) >= 11 is 0. The molecule has 67 heavy (non-hydrogen) atoms. The molecule has 1 aliphatic rings. The van der Waals surface area contributed by atoms with Gasteiger partial charge in [-0.25, -0.2) is 0 Å². The van der Waals surface area contributed by atoms with E-state index in [0.717, 1.165) is 116 Å². The third-order valence-electron chi connectivity index (χ3n) is 13.8. The number of unbranched alkanes of at least 4 members (excludes halogenated alkanes) is 25. The predicted molar refractivity (Wildman–Crippen MR) is 274 cm³/mol. The van der Waals surface area contributed by atoms with Crippen molar-refractivity contribution in [1.29, 1.82) is 0 Å². The maximum absolute atomic E-state index is 13.1. The van der Waals surface area contributed by atoms with Gasteiger partial charge in [-0.15, -0.1) is 0 Å². The van der Waals surface area contributed by atoms with Gasteiger partial charge in [0, 0.05) is 19.4 Å². The number of aliphatic hydroxyl groups excluding tert-OH is 4. The van der Waals surface area contributed by atoms with Crippen LogP contribution in [0.1, 0.15) is 272 Å². The van der Waals surface area contributed by atoms with Crippen molar-refractivity contribution in [2.24, 2.45) is 0 Å². The largest absolute Gasteiger partial charge is 0.462 e. The van der Waals surface area contributed by atoms with E-state index in [1.54, 1.807) is 0 Å². The quantitative estimate of drug-likeness (QED) is 0.0340. The Hall–Kier alpha value is -1.34. The molecular weight excluding hydrogens is 847 g/mol. The molecule has 0 radical (unpaired) electrons. The van der Waals surface area contributed by atoms with Gasteiger partial charge in [0.05, 0.1) is 6.61 Å². The van der Waals surface area contributed by atoms with Gasteiger partial charge in [-0.3, -0.25) is 9.59 Å². The van der Waals surface area contributed by atoms with Gasteiger partial charge >= 0.3 is 11.9 Å². The molecule has 0 bridgehead atoms. The van der Waals surface area contributed by atoms with Crippen LogP contribution in [0.5, 0.6) is 0 Å². The lowest BCUT2D eigenvalue weighted by atomic mass is 9.99. The molecule has 1 fully saturated rings. The molecule has 0 aromatic rings. The Morgan fingerprint density at radius 3 is 1.16 bits per heavy atom. The average Bonchev–Trinajstić information content (AvgIpc) is 3.32. The zero-order chi connectivity index (χ0) is 49.0. The minimum atomic E-state index is -1.46.